The summed E-state index contributed by atoms with van der Waals surface area (Å²) in [5.74, 6) is 0.335. The van der Waals surface area contributed by atoms with Gasteiger partial charge in [0.15, 0.2) is 6.61 Å². The molecule has 1 aliphatic carbocycles. The number of para-hydroxylation sites is 1. The van der Waals surface area contributed by atoms with Crippen molar-refractivity contribution in [3.8, 4) is 5.75 Å². The molecule has 2 aromatic rings. The number of ether oxygens (including phenoxy) is 1. The number of amides is 2. The quantitative estimate of drug-likeness (QED) is 0.790. The molecule has 1 aliphatic rings. The summed E-state index contributed by atoms with van der Waals surface area (Å²) in [6.45, 7) is 3.96. The number of hydrogen-bond acceptors (Lipinski definition) is 3. The van der Waals surface area contributed by atoms with Gasteiger partial charge in [-0.2, -0.15) is 0 Å². The van der Waals surface area contributed by atoms with Gasteiger partial charge in [-0.15, -0.1) is 0 Å². The Labute approximate surface area is 173 Å². The SMILES string of the molecule is Cc1ccc(OCC(=O)N(C)c2ccccc2C(=O)NC2CCCCC2)cc1C. The number of hydrogen-bond donors (Lipinski definition) is 1. The average molecular weight is 395 g/mol. The Morgan fingerprint density at radius 3 is 2.48 bits per heavy atom. The fraction of sp³-hybridized carbons (Fsp3) is 0.417. The highest BCUT2D eigenvalue weighted by Gasteiger charge is 2.22. The summed E-state index contributed by atoms with van der Waals surface area (Å²) in [5, 5.41) is 3.13. The lowest BCUT2D eigenvalue weighted by Crippen LogP contribution is -2.38. The van der Waals surface area contributed by atoms with Gasteiger partial charge in [-0.05, 0) is 62.1 Å². The molecule has 5 nitrogen and oxygen atoms in total. The Hall–Kier alpha value is -2.82. The third kappa shape index (κ3) is 5.37. The van der Waals surface area contributed by atoms with Gasteiger partial charge in [0.1, 0.15) is 5.75 Å². The van der Waals surface area contributed by atoms with Gasteiger partial charge in [0.05, 0.1) is 11.3 Å². The smallest absolute Gasteiger partial charge is 0.264 e. The number of rotatable bonds is 6. The van der Waals surface area contributed by atoms with Crippen LogP contribution in [0.15, 0.2) is 42.5 Å². The van der Waals surface area contributed by atoms with Crippen molar-refractivity contribution in [1.29, 1.82) is 0 Å². The number of likely N-dealkylation sites (N-methyl/N-ethyl adjacent to an activating group) is 1. The zero-order valence-corrected chi connectivity index (χ0v) is 17.5. The van der Waals surface area contributed by atoms with Gasteiger partial charge >= 0.3 is 0 Å². The number of benzene rings is 2. The van der Waals surface area contributed by atoms with Gasteiger partial charge < -0.3 is 15.0 Å². The number of nitrogens with one attached hydrogen (secondary N) is 1. The number of carbonyl (C=O) groups excluding carboxylic acids is 2. The molecule has 0 saturated heterocycles. The third-order valence-corrected chi connectivity index (χ3v) is 5.67. The number of aryl methyl sites for hydroxylation is 2. The van der Waals surface area contributed by atoms with Gasteiger partial charge in [0.25, 0.3) is 11.8 Å². The standard InChI is InChI=1S/C24H30N2O3/c1-17-13-14-20(15-18(17)2)29-16-23(27)26(3)22-12-8-7-11-21(22)24(28)25-19-9-5-4-6-10-19/h7-8,11-15,19H,4-6,9-10,16H2,1-3H3,(H,25,28). The highest BCUT2D eigenvalue weighted by atomic mass is 16.5. The van der Waals surface area contributed by atoms with Gasteiger partial charge in [-0.3, -0.25) is 9.59 Å². The Kier molecular flexibility index (Phi) is 6.91. The predicted octanol–water partition coefficient (Wildman–Crippen LogP) is 4.41. The molecule has 5 heteroatoms. The van der Waals surface area contributed by atoms with Crippen LogP contribution < -0.4 is 15.0 Å². The van der Waals surface area contributed by atoms with E-state index in [-0.39, 0.29) is 24.5 Å². The topological polar surface area (TPSA) is 58.6 Å². The van der Waals surface area contributed by atoms with Gasteiger partial charge in [-0.25, -0.2) is 0 Å². The molecule has 1 N–H and O–H groups in total. The highest BCUT2D eigenvalue weighted by molar-refractivity contribution is 6.05. The van der Waals surface area contributed by atoms with Crippen molar-refractivity contribution >= 4 is 17.5 Å². The second-order valence-electron chi connectivity index (χ2n) is 7.81. The predicted molar refractivity (Wildman–Crippen MR) is 116 cm³/mol. The van der Waals surface area contributed by atoms with E-state index in [2.05, 4.69) is 5.32 Å². The maximum Gasteiger partial charge on any atom is 0.264 e. The normalized spacial score (nSPS) is 14.3. The van der Waals surface area contributed by atoms with Crippen LogP contribution in [0.5, 0.6) is 5.75 Å². The van der Waals surface area contributed by atoms with E-state index in [9.17, 15) is 9.59 Å². The molecule has 0 aromatic heterocycles. The van der Waals surface area contributed by atoms with Crippen LogP contribution in [0.1, 0.15) is 53.6 Å². The first-order valence-electron chi connectivity index (χ1n) is 10.3. The van der Waals surface area contributed by atoms with Crippen LogP contribution in [0.25, 0.3) is 0 Å². The highest BCUT2D eigenvalue weighted by Crippen LogP contribution is 2.22. The van der Waals surface area contributed by atoms with Crippen LogP contribution in [0.2, 0.25) is 0 Å². The van der Waals surface area contributed by atoms with Crippen molar-refractivity contribution in [3.05, 3.63) is 59.2 Å². The molecule has 3 rings (SSSR count). The number of nitrogens with zero attached hydrogens (tertiary/aromatic N) is 1. The lowest BCUT2D eigenvalue weighted by molar-refractivity contribution is -0.120. The maximum atomic E-state index is 12.8. The minimum absolute atomic E-state index is 0.0857. The number of carbonyl (C=O) groups is 2. The molecule has 0 unspecified atom stereocenters. The van der Waals surface area contributed by atoms with E-state index >= 15 is 0 Å². The maximum absolute atomic E-state index is 12.8. The minimum Gasteiger partial charge on any atom is -0.484 e. The van der Waals surface area contributed by atoms with Crippen molar-refractivity contribution in [3.63, 3.8) is 0 Å². The first kappa shape index (κ1) is 20.9. The first-order valence-corrected chi connectivity index (χ1v) is 10.3. The summed E-state index contributed by atoms with van der Waals surface area (Å²) >= 11 is 0. The summed E-state index contributed by atoms with van der Waals surface area (Å²) in [7, 11) is 1.68. The molecule has 29 heavy (non-hydrogen) atoms. The summed E-state index contributed by atoms with van der Waals surface area (Å²) < 4.78 is 5.68. The lowest BCUT2D eigenvalue weighted by atomic mass is 9.95. The summed E-state index contributed by atoms with van der Waals surface area (Å²) in [5.41, 5.74) is 3.40. The zero-order valence-electron chi connectivity index (χ0n) is 17.5. The fourth-order valence-corrected chi connectivity index (χ4v) is 3.65. The molecule has 2 aromatic carbocycles. The summed E-state index contributed by atoms with van der Waals surface area (Å²) in [4.78, 5) is 27.0. The van der Waals surface area contributed by atoms with Crippen molar-refractivity contribution in [2.45, 2.75) is 52.0 Å². The molecule has 0 radical (unpaired) electrons. The third-order valence-electron chi connectivity index (χ3n) is 5.67. The van der Waals surface area contributed by atoms with Crippen LogP contribution in [-0.2, 0) is 4.79 Å². The summed E-state index contributed by atoms with van der Waals surface area (Å²) in [6.07, 6.45) is 5.58. The summed E-state index contributed by atoms with van der Waals surface area (Å²) in [6, 6.07) is 13.2. The van der Waals surface area contributed by atoms with Crippen LogP contribution in [0.3, 0.4) is 0 Å². The molecule has 0 atom stereocenters. The first-order chi connectivity index (χ1) is 14.0. The van der Waals surface area contributed by atoms with Gasteiger partial charge in [-0.1, -0.05) is 37.5 Å². The van der Waals surface area contributed by atoms with E-state index < -0.39 is 0 Å². The van der Waals surface area contributed by atoms with E-state index in [0.29, 0.717) is 17.0 Å². The van der Waals surface area contributed by atoms with E-state index in [1.54, 1.807) is 19.2 Å². The molecule has 0 heterocycles. The Morgan fingerprint density at radius 2 is 1.76 bits per heavy atom. The monoisotopic (exact) mass is 394 g/mol. The lowest BCUT2D eigenvalue weighted by Gasteiger charge is -2.25. The van der Waals surface area contributed by atoms with Crippen molar-refractivity contribution in [2.24, 2.45) is 0 Å². The zero-order chi connectivity index (χ0) is 20.8. The second-order valence-corrected chi connectivity index (χ2v) is 7.81. The molecule has 1 saturated carbocycles. The Morgan fingerprint density at radius 1 is 1.03 bits per heavy atom. The van der Waals surface area contributed by atoms with Crippen molar-refractivity contribution in [2.75, 3.05) is 18.6 Å². The molecule has 1 fully saturated rings. The van der Waals surface area contributed by atoms with Crippen LogP contribution in [0.4, 0.5) is 5.69 Å². The second kappa shape index (κ2) is 9.59. The van der Waals surface area contributed by atoms with E-state index in [1.165, 1.54) is 16.9 Å². The Bertz CT molecular complexity index is 872. The van der Waals surface area contributed by atoms with Crippen LogP contribution in [-0.4, -0.2) is 31.5 Å². The molecule has 0 aliphatic heterocycles. The average Bonchev–Trinajstić information content (AvgIpc) is 2.74. The van der Waals surface area contributed by atoms with Crippen molar-refractivity contribution in [1.82, 2.24) is 5.32 Å². The number of anilines is 1. The minimum atomic E-state index is -0.207. The van der Waals surface area contributed by atoms with Crippen LogP contribution >= 0.6 is 0 Å². The molecule has 0 bridgehead atoms. The van der Waals surface area contributed by atoms with Crippen molar-refractivity contribution < 1.29 is 14.3 Å². The fourth-order valence-electron chi connectivity index (χ4n) is 3.65. The Balaban J connectivity index is 1.66. The van der Waals surface area contributed by atoms with Gasteiger partial charge in [0, 0.05) is 13.1 Å². The molecule has 0 spiro atoms. The molecule has 154 valence electrons. The van der Waals surface area contributed by atoms with E-state index in [1.807, 2.05) is 44.2 Å². The molecular weight excluding hydrogens is 364 g/mol. The molecular formula is C24H30N2O3. The van der Waals surface area contributed by atoms with Gasteiger partial charge in [0.2, 0.25) is 0 Å². The largest absolute Gasteiger partial charge is 0.484 e. The van der Waals surface area contributed by atoms with E-state index in [4.69, 9.17) is 4.74 Å². The molecule has 2 amide bonds. The van der Waals surface area contributed by atoms with E-state index in [0.717, 1.165) is 31.2 Å². The van der Waals surface area contributed by atoms with Crippen LogP contribution in [0, 0.1) is 13.8 Å².